The van der Waals surface area contributed by atoms with Crippen molar-refractivity contribution in [2.24, 2.45) is 0 Å². The fourth-order valence-electron chi connectivity index (χ4n) is 2.43. The van der Waals surface area contributed by atoms with E-state index in [1.165, 1.54) is 36.0 Å². The van der Waals surface area contributed by atoms with E-state index in [0.29, 0.717) is 0 Å². The second-order valence-electron chi connectivity index (χ2n) is 4.18. The summed E-state index contributed by atoms with van der Waals surface area (Å²) in [6.07, 6.45) is 5.67. The molecule has 0 radical (unpaired) electrons. The average molecular weight is 198 g/mol. The van der Waals surface area contributed by atoms with Crippen LogP contribution in [0.3, 0.4) is 0 Å². The van der Waals surface area contributed by atoms with E-state index >= 15 is 0 Å². The molecule has 0 bridgehead atoms. The number of aromatic amines is 1. The fourth-order valence-corrected chi connectivity index (χ4v) is 2.43. The lowest BCUT2D eigenvalue weighted by Crippen LogP contribution is -1.88. The van der Waals surface area contributed by atoms with Gasteiger partial charge in [-0.25, -0.2) is 4.98 Å². The molecule has 0 spiro atoms. The molecule has 1 aromatic heterocycles. The van der Waals surface area contributed by atoms with E-state index in [9.17, 15) is 0 Å². The molecule has 1 aliphatic rings. The molecule has 1 aliphatic carbocycles. The number of imidazole rings is 1. The van der Waals surface area contributed by atoms with Gasteiger partial charge in [-0.1, -0.05) is 18.2 Å². The molecule has 1 heterocycles. The van der Waals surface area contributed by atoms with Crippen LogP contribution in [0.25, 0.3) is 11.3 Å². The van der Waals surface area contributed by atoms with Crippen molar-refractivity contribution in [3.63, 3.8) is 0 Å². The molecule has 2 heteroatoms. The molecule has 76 valence electrons. The van der Waals surface area contributed by atoms with Gasteiger partial charge in [0.25, 0.3) is 0 Å². The van der Waals surface area contributed by atoms with Gasteiger partial charge in [0.05, 0.1) is 11.9 Å². The van der Waals surface area contributed by atoms with Crippen LogP contribution in [0.5, 0.6) is 0 Å². The molecule has 0 atom stereocenters. The molecule has 0 aliphatic heterocycles. The first-order chi connectivity index (χ1) is 7.34. The quantitative estimate of drug-likeness (QED) is 0.750. The Morgan fingerprint density at radius 1 is 1.27 bits per heavy atom. The SMILES string of the molecule is Cc1ncc(-c2cccc3c2CCC3)[nH]1. The number of rotatable bonds is 1. The number of aromatic nitrogens is 2. The summed E-state index contributed by atoms with van der Waals surface area (Å²) < 4.78 is 0. The summed E-state index contributed by atoms with van der Waals surface area (Å²) in [4.78, 5) is 7.57. The lowest BCUT2D eigenvalue weighted by Gasteiger charge is -2.05. The summed E-state index contributed by atoms with van der Waals surface area (Å²) in [5, 5.41) is 0. The van der Waals surface area contributed by atoms with Crippen molar-refractivity contribution in [1.82, 2.24) is 9.97 Å². The highest BCUT2D eigenvalue weighted by molar-refractivity contribution is 5.66. The van der Waals surface area contributed by atoms with Crippen LogP contribution in [0.15, 0.2) is 24.4 Å². The van der Waals surface area contributed by atoms with E-state index in [1.54, 1.807) is 0 Å². The molecule has 0 saturated heterocycles. The Balaban J connectivity index is 2.16. The molecule has 3 rings (SSSR count). The second-order valence-corrected chi connectivity index (χ2v) is 4.18. The summed E-state index contributed by atoms with van der Waals surface area (Å²) in [7, 11) is 0. The highest BCUT2D eigenvalue weighted by Gasteiger charge is 2.15. The molecular weight excluding hydrogens is 184 g/mol. The van der Waals surface area contributed by atoms with Gasteiger partial charge in [0.1, 0.15) is 5.82 Å². The van der Waals surface area contributed by atoms with Gasteiger partial charge in [0.2, 0.25) is 0 Å². The number of benzene rings is 1. The Hall–Kier alpha value is -1.57. The molecule has 0 fully saturated rings. The number of fused-ring (bicyclic) bond motifs is 1. The smallest absolute Gasteiger partial charge is 0.103 e. The van der Waals surface area contributed by atoms with Crippen molar-refractivity contribution in [2.45, 2.75) is 26.2 Å². The van der Waals surface area contributed by atoms with Crippen LogP contribution in [-0.2, 0) is 12.8 Å². The van der Waals surface area contributed by atoms with Crippen LogP contribution in [0.2, 0.25) is 0 Å². The first-order valence-corrected chi connectivity index (χ1v) is 5.47. The van der Waals surface area contributed by atoms with E-state index in [4.69, 9.17) is 0 Å². The monoisotopic (exact) mass is 198 g/mol. The third kappa shape index (κ3) is 1.37. The maximum atomic E-state index is 4.26. The van der Waals surface area contributed by atoms with E-state index in [-0.39, 0.29) is 0 Å². The standard InChI is InChI=1S/C13H14N2/c1-9-14-8-13(15-9)12-7-3-5-10-4-2-6-11(10)12/h3,5,7-8H,2,4,6H2,1H3,(H,14,15). The lowest BCUT2D eigenvalue weighted by molar-refractivity contribution is 0.912. The topological polar surface area (TPSA) is 28.7 Å². The van der Waals surface area contributed by atoms with Gasteiger partial charge in [-0.15, -0.1) is 0 Å². The molecule has 15 heavy (non-hydrogen) atoms. The third-order valence-electron chi connectivity index (χ3n) is 3.14. The number of aryl methyl sites for hydroxylation is 2. The molecule has 0 unspecified atom stereocenters. The van der Waals surface area contributed by atoms with Gasteiger partial charge in [-0.3, -0.25) is 0 Å². The maximum Gasteiger partial charge on any atom is 0.103 e. The minimum atomic E-state index is 0.987. The third-order valence-corrected chi connectivity index (χ3v) is 3.14. The molecular formula is C13H14N2. The van der Waals surface area contributed by atoms with Gasteiger partial charge in [-0.2, -0.15) is 0 Å². The zero-order chi connectivity index (χ0) is 10.3. The van der Waals surface area contributed by atoms with Gasteiger partial charge in [0, 0.05) is 5.56 Å². The molecule has 0 saturated carbocycles. The summed E-state index contributed by atoms with van der Waals surface area (Å²) in [5.41, 5.74) is 5.53. The number of hydrogen-bond acceptors (Lipinski definition) is 1. The number of hydrogen-bond donors (Lipinski definition) is 1. The number of H-pyrrole nitrogens is 1. The largest absolute Gasteiger partial charge is 0.342 e. The predicted octanol–water partition coefficient (Wildman–Crippen LogP) is 2.87. The van der Waals surface area contributed by atoms with Gasteiger partial charge >= 0.3 is 0 Å². The molecule has 2 nitrogen and oxygen atoms in total. The lowest BCUT2D eigenvalue weighted by atomic mass is 10.0. The second kappa shape index (κ2) is 3.23. The fraction of sp³-hybridized carbons (Fsp3) is 0.308. The summed E-state index contributed by atoms with van der Waals surface area (Å²) in [6.45, 7) is 1.99. The van der Waals surface area contributed by atoms with Crippen LogP contribution in [0.4, 0.5) is 0 Å². The Labute approximate surface area is 89.4 Å². The molecule has 0 amide bonds. The van der Waals surface area contributed by atoms with Gasteiger partial charge in [-0.05, 0) is 37.3 Å². The minimum absolute atomic E-state index is 0.987. The molecule has 1 aromatic carbocycles. The van der Waals surface area contributed by atoms with Crippen molar-refractivity contribution < 1.29 is 0 Å². The van der Waals surface area contributed by atoms with Crippen molar-refractivity contribution in [3.8, 4) is 11.3 Å². The Morgan fingerprint density at radius 2 is 2.20 bits per heavy atom. The first kappa shape index (κ1) is 8.72. The van der Waals surface area contributed by atoms with Crippen LogP contribution in [0, 0.1) is 6.92 Å². The van der Waals surface area contributed by atoms with Crippen LogP contribution in [0.1, 0.15) is 23.4 Å². The van der Waals surface area contributed by atoms with Gasteiger partial charge in [0.15, 0.2) is 0 Å². The summed E-state index contributed by atoms with van der Waals surface area (Å²) in [6, 6.07) is 6.59. The summed E-state index contributed by atoms with van der Waals surface area (Å²) in [5.74, 6) is 0.987. The number of nitrogens with zero attached hydrogens (tertiary/aromatic N) is 1. The van der Waals surface area contributed by atoms with Crippen LogP contribution in [-0.4, -0.2) is 9.97 Å². The van der Waals surface area contributed by atoms with E-state index in [0.717, 1.165) is 11.5 Å². The first-order valence-electron chi connectivity index (χ1n) is 5.47. The zero-order valence-corrected chi connectivity index (χ0v) is 8.88. The highest BCUT2D eigenvalue weighted by Crippen LogP contribution is 2.31. The van der Waals surface area contributed by atoms with E-state index in [1.807, 2.05) is 13.1 Å². The highest BCUT2D eigenvalue weighted by atomic mass is 14.9. The molecule has 1 N–H and O–H groups in total. The van der Waals surface area contributed by atoms with Crippen molar-refractivity contribution in [3.05, 3.63) is 41.3 Å². The van der Waals surface area contributed by atoms with Crippen molar-refractivity contribution in [2.75, 3.05) is 0 Å². The average Bonchev–Trinajstić information content (AvgIpc) is 2.84. The van der Waals surface area contributed by atoms with E-state index in [2.05, 4.69) is 28.2 Å². The maximum absolute atomic E-state index is 4.26. The number of nitrogens with one attached hydrogen (secondary N) is 1. The van der Waals surface area contributed by atoms with Crippen molar-refractivity contribution >= 4 is 0 Å². The normalized spacial score (nSPS) is 14.2. The van der Waals surface area contributed by atoms with Crippen LogP contribution >= 0.6 is 0 Å². The summed E-state index contributed by atoms with van der Waals surface area (Å²) >= 11 is 0. The zero-order valence-electron chi connectivity index (χ0n) is 8.88. The molecule has 2 aromatic rings. The van der Waals surface area contributed by atoms with Crippen LogP contribution < -0.4 is 0 Å². The Bertz CT molecular complexity index is 497. The van der Waals surface area contributed by atoms with E-state index < -0.39 is 0 Å². The Morgan fingerprint density at radius 3 is 3.00 bits per heavy atom. The minimum Gasteiger partial charge on any atom is -0.342 e. The van der Waals surface area contributed by atoms with Gasteiger partial charge < -0.3 is 4.98 Å². The van der Waals surface area contributed by atoms with Crippen molar-refractivity contribution in [1.29, 1.82) is 0 Å². The Kier molecular flexibility index (Phi) is 1.88. The predicted molar refractivity (Wildman–Crippen MR) is 60.8 cm³/mol.